The van der Waals surface area contributed by atoms with Gasteiger partial charge in [0.2, 0.25) is 0 Å². The summed E-state index contributed by atoms with van der Waals surface area (Å²) < 4.78 is 3.75. The number of carbonyl (C=O) groups excluding carboxylic acids is 1. The van der Waals surface area contributed by atoms with Gasteiger partial charge in [-0.1, -0.05) is 30.3 Å². The molecule has 0 aliphatic rings. The number of rotatable bonds is 6. The van der Waals surface area contributed by atoms with Crippen molar-refractivity contribution in [2.45, 2.75) is 6.92 Å². The van der Waals surface area contributed by atoms with Crippen LogP contribution in [0.1, 0.15) is 16.1 Å². The molecule has 0 saturated heterocycles. The van der Waals surface area contributed by atoms with Gasteiger partial charge in [0.1, 0.15) is 15.9 Å². The van der Waals surface area contributed by atoms with E-state index in [4.69, 9.17) is 0 Å². The van der Waals surface area contributed by atoms with E-state index in [0.29, 0.717) is 33.2 Å². The molecule has 9 nitrogen and oxygen atoms in total. The van der Waals surface area contributed by atoms with Crippen molar-refractivity contribution in [1.82, 2.24) is 24.2 Å². The number of carbonyl (C=O) groups is 1. The fourth-order valence-corrected chi connectivity index (χ4v) is 3.83. The molecule has 0 saturated carbocycles. The van der Waals surface area contributed by atoms with Crippen LogP contribution in [-0.2, 0) is 7.05 Å². The highest BCUT2D eigenvalue weighted by atomic mass is 79.9. The van der Waals surface area contributed by atoms with Crippen LogP contribution >= 0.6 is 15.9 Å². The molecule has 0 aliphatic carbocycles. The lowest BCUT2D eigenvalue weighted by Gasteiger charge is -2.08. The van der Waals surface area contributed by atoms with E-state index in [1.165, 1.54) is 4.68 Å². The van der Waals surface area contributed by atoms with E-state index in [1.807, 2.05) is 61.5 Å². The molecule has 0 spiro atoms. The summed E-state index contributed by atoms with van der Waals surface area (Å²) in [6.07, 6.45) is 3.24. The minimum Gasteiger partial charge on any atom is -0.369 e. The first-order chi connectivity index (χ1) is 16.8. The second-order valence-corrected chi connectivity index (χ2v) is 8.85. The molecule has 2 aromatic heterocycles. The first-order valence-corrected chi connectivity index (χ1v) is 11.5. The number of nitrogens with one attached hydrogen (secondary N) is 1. The van der Waals surface area contributed by atoms with Crippen LogP contribution < -0.4 is 10.9 Å². The lowest BCUT2D eigenvalue weighted by Crippen LogP contribution is -2.25. The number of para-hydroxylation sites is 1. The molecule has 0 fully saturated rings. The second kappa shape index (κ2) is 10.1. The fourth-order valence-electron chi connectivity index (χ4n) is 3.55. The zero-order chi connectivity index (χ0) is 25.1. The van der Waals surface area contributed by atoms with Gasteiger partial charge in [0.25, 0.3) is 11.5 Å². The Hall–Kier alpha value is -4.05. The zero-order valence-electron chi connectivity index (χ0n) is 19.7. The predicted molar refractivity (Wildman–Crippen MR) is 141 cm³/mol. The largest absolute Gasteiger partial charge is 0.369 e. The van der Waals surface area contributed by atoms with Crippen LogP contribution in [0.4, 0.5) is 11.5 Å². The highest BCUT2D eigenvalue weighted by Gasteiger charge is 2.22. The van der Waals surface area contributed by atoms with Gasteiger partial charge < -0.3 is 10.2 Å². The summed E-state index contributed by atoms with van der Waals surface area (Å²) in [4.78, 5) is 41.2. The summed E-state index contributed by atoms with van der Waals surface area (Å²) in [5.41, 5.74) is 2.91. The van der Waals surface area contributed by atoms with Gasteiger partial charge in [0.05, 0.1) is 23.9 Å². The molecule has 178 valence electrons. The first-order valence-electron chi connectivity index (χ1n) is 10.7. The number of halogens is 1. The molecule has 4 aromatic rings. The van der Waals surface area contributed by atoms with E-state index in [1.54, 1.807) is 43.3 Å². The third kappa shape index (κ3) is 5.07. The molecule has 2 heterocycles. The summed E-state index contributed by atoms with van der Waals surface area (Å²) in [5, 5.41) is 2.83. The van der Waals surface area contributed by atoms with Crippen molar-refractivity contribution in [3.05, 3.63) is 87.0 Å². The van der Waals surface area contributed by atoms with Crippen molar-refractivity contribution >= 4 is 39.7 Å². The normalized spacial score (nSPS) is 11.1. The van der Waals surface area contributed by atoms with Crippen molar-refractivity contribution in [1.29, 1.82) is 0 Å². The quantitative estimate of drug-likeness (QED) is 0.296. The molecule has 4 rings (SSSR count). The monoisotopic (exact) mass is 533 g/mol. The van der Waals surface area contributed by atoms with E-state index >= 15 is 0 Å². The number of aromatic nitrogens is 4. The number of benzene rings is 2. The maximum absolute atomic E-state index is 13.1. The molecule has 1 amide bonds. The number of amides is 1. The van der Waals surface area contributed by atoms with E-state index in [0.717, 1.165) is 5.56 Å². The third-order valence-corrected chi connectivity index (χ3v) is 5.71. The molecular formula is C25H24BrN7O2. The van der Waals surface area contributed by atoms with Crippen LogP contribution in [0.2, 0.25) is 0 Å². The van der Waals surface area contributed by atoms with Gasteiger partial charge in [-0.25, -0.2) is 19.6 Å². The lowest BCUT2D eigenvalue weighted by molar-refractivity contribution is 0.102. The van der Waals surface area contributed by atoms with Crippen molar-refractivity contribution in [2.24, 2.45) is 12.0 Å². The molecule has 0 aliphatic heterocycles. The molecule has 1 N–H and O–H groups in total. The minimum absolute atomic E-state index is 0.0959. The Labute approximate surface area is 210 Å². The predicted octanol–water partition coefficient (Wildman–Crippen LogP) is 4.18. The Balaban J connectivity index is 1.61. The Morgan fingerprint density at radius 3 is 2.46 bits per heavy atom. The van der Waals surface area contributed by atoms with E-state index in [-0.39, 0.29) is 11.1 Å². The Morgan fingerprint density at radius 2 is 1.80 bits per heavy atom. The molecule has 0 bridgehead atoms. The first kappa shape index (κ1) is 24.1. The number of hydrogen-bond acceptors (Lipinski definition) is 5. The van der Waals surface area contributed by atoms with Crippen LogP contribution in [0.25, 0.3) is 16.9 Å². The summed E-state index contributed by atoms with van der Waals surface area (Å²) >= 11 is 3.36. The zero-order valence-corrected chi connectivity index (χ0v) is 21.3. The van der Waals surface area contributed by atoms with Crippen LogP contribution in [0.15, 0.2) is 75.2 Å². The van der Waals surface area contributed by atoms with Gasteiger partial charge in [-0.05, 0) is 47.1 Å². The lowest BCUT2D eigenvalue weighted by atomic mass is 10.1. The smallest absolute Gasteiger partial charge is 0.284 e. The highest BCUT2D eigenvalue weighted by Crippen LogP contribution is 2.28. The van der Waals surface area contributed by atoms with Crippen molar-refractivity contribution in [3.8, 4) is 16.9 Å². The maximum atomic E-state index is 13.1. The van der Waals surface area contributed by atoms with Crippen molar-refractivity contribution in [2.75, 3.05) is 19.4 Å². The van der Waals surface area contributed by atoms with Gasteiger partial charge in [-0.15, -0.1) is 0 Å². The second-order valence-electron chi connectivity index (χ2n) is 8.04. The number of nitrogens with zero attached hydrogens (tertiary/aromatic N) is 6. The summed E-state index contributed by atoms with van der Waals surface area (Å²) in [6, 6.07) is 16.4. The van der Waals surface area contributed by atoms with Gasteiger partial charge in [0.15, 0.2) is 5.82 Å². The summed E-state index contributed by atoms with van der Waals surface area (Å²) in [7, 11) is 5.50. The molecule has 35 heavy (non-hydrogen) atoms. The van der Waals surface area contributed by atoms with Gasteiger partial charge in [0, 0.05) is 32.4 Å². The topological polar surface area (TPSA) is 97.4 Å². The van der Waals surface area contributed by atoms with Crippen LogP contribution in [0.5, 0.6) is 0 Å². The maximum Gasteiger partial charge on any atom is 0.284 e. The van der Waals surface area contributed by atoms with Gasteiger partial charge in [-0.3, -0.25) is 14.3 Å². The molecule has 10 heteroatoms. The number of aliphatic imine (C=N–C) groups is 1. The van der Waals surface area contributed by atoms with Crippen molar-refractivity contribution < 1.29 is 4.79 Å². The van der Waals surface area contributed by atoms with Gasteiger partial charge >= 0.3 is 0 Å². The minimum atomic E-state index is -0.468. The Bertz CT molecular complexity index is 1460. The third-order valence-electron chi connectivity index (χ3n) is 5.33. The van der Waals surface area contributed by atoms with Crippen LogP contribution in [-0.4, -0.2) is 50.6 Å². The Kier molecular flexibility index (Phi) is 6.92. The summed E-state index contributed by atoms with van der Waals surface area (Å²) in [5.74, 6) is 0.00380. The molecule has 0 atom stereocenters. The van der Waals surface area contributed by atoms with E-state index in [9.17, 15) is 9.59 Å². The fraction of sp³-hybridized carbons (Fsp3) is 0.160. The number of anilines is 1. The molecule has 2 aromatic carbocycles. The summed E-state index contributed by atoms with van der Waals surface area (Å²) in [6.45, 7) is 1.75. The Morgan fingerprint density at radius 1 is 1.11 bits per heavy atom. The van der Waals surface area contributed by atoms with E-state index in [2.05, 4.69) is 36.2 Å². The van der Waals surface area contributed by atoms with Crippen molar-refractivity contribution in [3.63, 3.8) is 0 Å². The number of hydrogen-bond donors (Lipinski definition) is 1. The average Bonchev–Trinajstić information content (AvgIpc) is 3.07. The molecule has 0 unspecified atom stereocenters. The SMILES string of the molecule is Cc1c(C(=O)Nc2ccc(-c3nc(Br)cnc3/N=C/N(C)C)cc2)c(=O)n(-c2ccccc2)n1C. The van der Waals surface area contributed by atoms with Crippen LogP contribution in [0.3, 0.4) is 0 Å². The molecule has 0 radical (unpaired) electrons. The van der Waals surface area contributed by atoms with E-state index < -0.39 is 5.91 Å². The standard InChI is InChI=1S/C25H24BrN7O2/c1-16-21(25(35)33(32(16)4)19-8-6-5-7-9-19)24(34)29-18-12-10-17(11-13-18)22-23(28-15-31(2)3)27-14-20(26)30-22/h5-15H,1-4H3,(H,29,34)/b28-15+. The highest BCUT2D eigenvalue weighted by molar-refractivity contribution is 9.10. The average molecular weight is 534 g/mol. The molecular weight excluding hydrogens is 510 g/mol. The van der Waals surface area contributed by atoms with Gasteiger partial charge in [-0.2, -0.15) is 0 Å². The van der Waals surface area contributed by atoms with Crippen LogP contribution in [0, 0.1) is 6.92 Å².